The second-order valence-corrected chi connectivity index (χ2v) is 4.26. The van der Waals surface area contributed by atoms with Crippen molar-refractivity contribution in [3.63, 3.8) is 0 Å². The standard InChI is InChI=1S/C15H17FN2O/c1-12(13-4-6-14(16)7-5-13)18-9-10-19-15-3-2-8-17-11-15/h2-8,11-12,18H,9-10H2,1H3. The topological polar surface area (TPSA) is 34.1 Å². The first-order valence-electron chi connectivity index (χ1n) is 6.27. The Labute approximate surface area is 112 Å². The van der Waals surface area contributed by atoms with E-state index in [0.29, 0.717) is 13.2 Å². The summed E-state index contributed by atoms with van der Waals surface area (Å²) < 4.78 is 18.3. The quantitative estimate of drug-likeness (QED) is 0.811. The average molecular weight is 260 g/mol. The third kappa shape index (κ3) is 4.34. The lowest BCUT2D eigenvalue weighted by atomic mass is 10.1. The van der Waals surface area contributed by atoms with Crippen LogP contribution in [0.25, 0.3) is 0 Å². The number of rotatable bonds is 6. The van der Waals surface area contributed by atoms with Crippen molar-refractivity contribution in [3.8, 4) is 5.75 Å². The fourth-order valence-electron chi connectivity index (χ4n) is 1.75. The zero-order valence-corrected chi connectivity index (χ0v) is 10.8. The molecule has 0 aliphatic heterocycles. The largest absolute Gasteiger partial charge is 0.491 e. The average Bonchev–Trinajstić information content (AvgIpc) is 2.45. The molecule has 1 N–H and O–H groups in total. The highest BCUT2D eigenvalue weighted by atomic mass is 19.1. The van der Waals surface area contributed by atoms with E-state index in [-0.39, 0.29) is 11.9 Å². The van der Waals surface area contributed by atoms with Crippen molar-refractivity contribution in [1.29, 1.82) is 0 Å². The minimum Gasteiger partial charge on any atom is -0.491 e. The predicted octanol–water partition coefficient (Wildman–Crippen LogP) is 2.95. The van der Waals surface area contributed by atoms with Gasteiger partial charge in [0.05, 0.1) is 6.20 Å². The lowest BCUT2D eigenvalue weighted by molar-refractivity contribution is 0.306. The molecule has 0 aliphatic carbocycles. The van der Waals surface area contributed by atoms with Crippen LogP contribution in [0.5, 0.6) is 5.75 Å². The number of nitrogens with zero attached hydrogens (tertiary/aromatic N) is 1. The van der Waals surface area contributed by atoms with Crippen LogP contribution in [-0.2, 0) is 0 Å². The monoisotopic (exact) mass is 260 g/mol. The second-order valence-electron chi connectivity index (χ2n) is 4.26. The Balaban J connectivity index is 1.72. The molecule has 1 heterocycles. The van der Waals surface area contributed by atoms with Crippen LogP contribution in [-0.4, -0.2) is 18.1 Å². The van der Waals surface area contributed by atoms with E-state index in [1.54, 1.807) is 24.5 Å². The van der Waals surface area contributed by atoms with Gasteiger partial charge < -0.3 is 10.1 Å². The molecule has 1 aromatic carbocycles. The van der Waals surface area contributed by atoms with Crippen LogP contribution in [0.4, 0.5) is 4.39 Å². The summed E-state index contributed by atoms with van der Waals surface area (Å²) in [6.45, 7) is 3.32. The van der Waals surface area contributed by atoms with Gasteiger partial charge in [0.2, 0.25) is 0 Å². The SMILES string of the molecule is CC(NCCOc1cccnc1)c1ccc(F)cc1. The summed E-state index contributed by atoms with van der Waals surface area (Å²) in [5, 5.41) is 3.32. The molecule has 19 heavy (non-hydrogen) atoms. The first-order chi connectivity index (χ1) is 9.25. The maximum absolute atomic E-state index is 12.8. The molecule has 100 valence electrons. The minimum atomic E-state index is -0.212. The molecule has 3 nitrogen and oxygen atoms in total. The van der Waals surface area contributed by atoms with Crippen molar-refractivity contribution >= 4 is 0 Å². The van der Waals surface area contributed by atoms with Crippen molar-refractivity contribution < 1.29 is 9.13 Å². The molecule has 0 spiro atoms. The van der Waals surface area contributed by atoms with Crippen molar-refractivity contribution in [2.24, 2.45) is 0 Å². The highest BCUT2D eigenvalue weighted by Gasteiger charge is 2.04. The van der Waals surface area contributed by atoms with Crippen molar-refractivity contribution in [1.82, 2.24) is 10.3 Å². The zero-order chi connectivity index (χ0) is 13.5. The van der Waals surface area contributed by atoms with Crippen LogP contribution in [0.2, 0.25) is 0 Å². The van der Waals surface area contributed by atoms with Gasteiger partial charge in [-0.3, -0.25) is 4.98 Å². The third-order valence-electron chi connectivity index (χ3n) is 2.83. The van der Waals surface area contributed by atoms with Gasteiger partial charge in [-0.15, -0.1) is 0 Å². The van der Waals surface area contributed by atoms with Gasteiger partial charge in [-0.05, 0) is 36.8 Å². The van der Waals surface area contributed by atoms with E-state index in [9.17, 15) is 4.39 Å². The first kappa shape index (κ1) is 13.5. The van der Waals surface area contributed by atoms with Crippen molar-refractivity contribution in [3.05, 3.63) is 60.2 Å². The van der Waals surface area contributed by atoms with Gasteiger partial charge in [-0.1, -0.05) is 12.1 Å². The molecular weight excluding hydrogens is 243 g/mol. The number of hydrogen-bond acceptors (Lipinski definition) is 3. The minimum absolute atomic E-state index is 0.165. The molecule has 2 rings (SSSR count). The van der Waals surface area contributed by atoms with Gasteiger partial charge >= 0.3 is 0 Å². The highest BCUT2D eigenvalue weighted by molar-refractivity contribution is 5.19. The molecule has 1 unspecified atom stereocenters. The van der Waals surface area contributed by atoms with Crippen LogP contribution in [0.1, 0.15) is 18.5 Å². The summed E-state index contributed by atoms with van der Waals surface area (Å²) in [5.41, 5.74) is 1.06. The Morgan fingerprint density at radius 1 is 1.26 bits per heavy atom. The molecule has 1 aromatic heterocycles. The Kier molecular flexibility index (Phi) is 4.86. The zero-order valence-electron chi connectivity index (χ0n) is 10.8. The van der Waals surface area contributed by atoms with E-state index in [2.05, 4.69) is 10.3 Å². The summed E-state index contributed by atoms with van der Waals surface area (Å²) in [6.07, 6.45) is 3.39. The Morgan fingerprint density at radius 2 is 2.05 bits per heavy atom. The van der Waals surface area contributed by atoms with Crippen LogP contribution in [0.15, 0.2) is 48.8 Å². The van der Waals surface area contributed by atoms with E-state index in [4.69, 9.17) is 4.74 Å². The lowest BCUT2D eigenvalue weighted by Crippen LogP contribution is -2.24. The van der Waals surface area contributed by atoms with E-state index < -0.39 is 0 Å². The van der Waals surface area contributed by atoms with Gasteiger partial charge in [0.1, 0.15) is 18.2 Å². The van der Waals surface area contributed by atoms with Crippen LogP contribution in [0, 0.1) is 5.82 Å². The smallest absolute Gasteiger partial charge is 0.137 e. The molecule has 0 aliphatic rings. The van der Waals surface area contributed by atoms with E-state index in [1.165, 1.54) is 12.1 Å². The number of hydrogen-bond donors (Lipinski definition) is 1. The Hall–Kier alpha value is -1.94. The van der Waals surface area contributed by atoms with Gasteiger partial charge in [0.15, 0.2) is 0 Å². The molecule has 0 fully saturated rings. The summed E-state index contributed by atoms with van der Waals surface area (Å²) in [5.74, 6) is 0.551. The lowest BCUT2D eigenvalue weighted by Gasteiger charge is -2.14. The molecule has 0 radical (unpaired) electrons. The van der Waals surface area contributed by atoms with Gasteiger partial charge in [0.25, 0.3) is 0 Å². The molecule has 0 bridgehead atoms. The summed E-state index contributed by atoms with van der Waals surface area (Å²) in [6, 6.07) is 10.4. The molecule has 2 aromatic rings. The molecular formula is C15H17FN2O. The predicted molar refractivity (Wildman–Crippen MR) is 72.5 cm³/mol. The normalized spacial score (nSPS) is 12.1. The number of pyridine rings is 1. The second kappa shape index (κ2) is 6.85. The molecule has 0 amide bonds. The highest BCUT2D eigenvalue weighted by Crippen LogP contribution is 2.12. The number of ether oxygens (including phenoxy) is 1. The molecule has 0 saturated heterocycles. The van der Waals surface area contributed by atoms with E-state index in [0.717, 1.165) is 11.3 Å². The number of benzene rings is 1. The van der Waals surface area contributed by atoms with Crippen LogP contribution >= 0.6 is 0 Å². The third-order valence-corrected chi connectivity index (χ3v) is 2.83. The number of halogens is 1. The maximum atomic E-state index is 12.8. The summed E-state index contributed by atoms with van der Waals surface area (Å²) in [7, 11) is 0. The Morgan fingerprint density at radius 3 is 2.74 bits per heavy atom. The van der Waals surface area contributed by atoms with E-state index in [1.807, 2.05) is 19.1 Å². The molecule has 4 heteroatoms. The van der Waals surface area contributed by atoms with Crippen molar-refractivity contribution in [2.45, 2.75) is 13.0 Å². The summed E-state index contributed by atoms with van der Waals surface area (Å²) in [4.78, 5) is 3.97. The van der Waals surface area contributed by atoms with Crippen LogP contribution < -0.4 is 10.1 Å². The Bertz CT molecular complexity index is 487. The fourth-order valence-corrected chi connectivity index (χ4v) is 1.75. The number of aromatic nitrogens is 1. The molecule has 1 atom stereocenters. The van der Waals surface area contributed by atoms with Gasteiger partial charge in [0, 0.05) is 18.8 Å². The first-order valence-corrected chi connectivity index (χ1v) is 6.27. The van der Waals surface area contributed by atoms with Crippen LogP contribution in [0.3, 0.4) is 0 Å². The fraction of sp³-hybridized carbons (Fsp3) is 0.267. The maximum Gasteiger partial charge on any atom is 0.137 e. The van der Waals surface area contributed by atoms with Gasteiger partial charge in [-0.25, -0.2) is 4.39 Å². The number of nitrogens with one attached hydrogen (secondary N) is 1. The van der Waals surface area contributed by atoms with E-state index >= 15 is 0 Å². The summed E-state index contributed by atoms with van der Waals surface area (Å²) >= 11 is 0. The molecule has 0 saturated carbocycles. The van der Waals surface area contributed by atoms with Gasteiger partial charge in [-0.2, -0.15) is 0 Å². The van der Waals surface area contributed by atoms with Crippen molar-refractivity contribution in [2.75, 3.05) is 13.2 Å².